The van der Waals surface area contributed by atoms with Crippen molar-refractivity contribution in [3.8, 4) is 5.75 Å². The topological polar surface area (TPSA) is 106 Å². The molecule has 0 saturated carbocycles. The third kappa shape index (κ3) is 4.33. The molecule has 36 heavy (non-hydrogen) atoms. The van der Waals surface area contributed by atoms with Crippen LogP contribution in [0.3, 0.4) is 0 Å². The molecule has 4 aromatic heterocycles. The van der Waals surface area contributed by atoms with E-state index in [4.69, 9.17) is 21.3 Å². The molecule has 0 fully saturated rings. The second-order valence-corrected chi connectivity index (χ2v) is 11.4. The lowest BCUT2D eigenvalue weighted by Gasteiger charge is -2.34. The van der Waals surface area contributed by atoms with Crippen LogP contribution in [-0.4, -0.2) is 73.4 Å². The second-order valence-electron chi connectivity index (χ2n) is 8.66. The molecule has 4 aromatic rings. The SMILES string of the molecule is Cc1nc(C)c(C2c3c(nc4sc(C)nn34)CCN2C(=O)COc2ccc(C(=O)N(C)C)nc2Cl)s1. The van der Waals surface area contributed by atoms with E-state index in [9.17, 15) is 9.59 Å². The zero-order chi connectivity index (χ0) is 25.7. The van der Waals surface area contributed by atoms with Gasteiger partial charge in [0.05, 0.1) is 27.0 Å². The van der Waals surface area contributed by atoms with Crippen molar-refractivity contribution in [3.05, 3.63) is 55.0 Å². The highest BCUT2D eigenvalue weighted by Crippen LogP contribution is 2.40. The second kappa shape index (κ2) is 9.41. The molecule has 1 unspecified atom stereocenters. The van der Waals surface area contributed by atoms with Crippen LogP contribution in [0, 0.1) is 20.8 Å². The molecule has 0 radical (unpaired) electrons. The van der Waals surface area contributed by atoms with Gasteiger partial charge in [0.25, 0.3) is 11.8 Å². The highest BCUT2D eigenvalue weighted by Gasteiger charge is 2.38. The number of thiazole rings is 1. The average Bonchev–Trinajstić information content (AvgIpc) is 3.47. The largest absolute Gasteiger partial charge is 0.481 e. The predicted molar refractivity (Wildman–Crippen MR) is 137 cm³/mol. The number of imidazole rings is 1. The van der Waals surface area contributed by atoms with Crippen LogP contribution in [-0.2, 0) is 11.2 Å². The molecule has 0 aliphatic carbocycles. The van der Waals surface area contributed by atoms with E-state index in [-0.39, 0.29) is 41.1 Å². The van der Waals surface area contributed by atoms with Gasteiger partial charge in [-0.05, 0) is 32.9 Å². The van der Waals surface area contributed by atoms with Gasteiger partial charge < -0.3 is 14.5 Å². The van der Waals surface area contributed by atoms with E-state index in [1.54, 1.807) is 36.4 Å². The molecule has 1 aliphatic heterocycles. The van der Waals surface area contributed by atoms with Crippen molar-refractivity contribution in [2.75, 3.05) is 27.2 Å². The van der Waals surface area contributed by atoms with Crippen molar-refractivity contribution in [3.63, 3.8) is 0 Å². The van der Waals surface area contributed by atoms with Crippen LogP contribution in [0.4, 0.5) is 0 Å². The van der Waals surface area contributed by atoms with Crippen LogP contribution in [0.25, 0.3) is 4.96 Å². The average molecular weight is 546 g/mol. The van der Waals surface area contributed by atoms with Gasteiger partial charge in [0.15, 0.2) is 17.5 Å². The molecule has 1 atom stereocenters. The number of ether oxygens (including phenoxy) is 1. The standard InChI is InChI=1S/C23H24ClN7O3S2/c1-11-20(35-12(2)25-11)19-18-14(27-23-31(18)28-13(3)36-23)8-9-30(19)17(32)10-34-16-7-6-15(26-21(16)24)22(33)29(4)5/h6-7,19H,8-10H2,1-5H3. The molecular weight excluding hydrogens is 522 g/mol. The number of fused-ring (bicyclic) bond motifs is 3. The molecule has 0 saturated heterocycles. The lowest BCUT2D eigenvalue weighted by Crippen LogP contribution is -2.43. The maximum atomic E-state index is 13.5. The van der Waals surface area contributed by atoms with Crippen LogP contribution in [0.15, 0.2) is 12.1 Å². The first-order valence-electron chi connectivity index (χ1n) is 11.2. The van der Waals surface area contributed by atoms with Crippen molar-refractivity contribution in [1.82, 2.24) is 34.4 Å². The molecule has 0 N–H and O–H groups in total. The maximum absolute atomic E-state index is 13.5. The van der Waals surface area contributed by atoms with Crippen LogP contribution < -0.4 is 4.74 Å². The van der Waals surface area contributed by atoms with E-state index in [1.165, 1.54) is 22.3 Å². The summed E-state index contributed by atoms with van der Waals surface area (Å²) < 4.78 is 7.63. The van der Waals surface area contributed by atoms with Crippen LogP contribution in [0.2, 0.25) is 5.15 Å². The van der Waals surface area contributed by atoms with E-state index in [2.05, 4.69) is 15.1 Å². The van der Waals surface area contributed by atoms with Crippen LogP contribution >= 0.6 is 34.3 Å². The molecule has 10 nitrogen and oxygen atoms in total. The Kier molecular flexibility index (Phi) is 6.43. The highest BCUT2D eigenvalue weighted by atomic mass is 35.5. The monoisotopic (exact) mass is 545 g/mol. The van der Waals surface area contributed by atoms with Crippen molar-refractivity contribution < 1.29 is 14.3 Å². The molecule has 5 heterocycles. The third-order valence-corrected chi connectivity index (χ3v) is 8.09. The fourth-order valence-corrected chi connectivity index (χ4v) is 6.32. The van der Waals surface area contributed by atoms with Gasteiger partial charge in [-0.2, -0.15) is 5.10 Å². The highest BCUT2D eigenvalue weighted by molar-refractivity contribution is 7.16. The minimum Gasteiger partial charge on any atom is -0.481 e. The number of carbonyl (C=O) groups is 2. The van der Waals surface area contributed by atoms with Crippen molar-refractivity contribution >= 4 is 51.0 Å². The Morgan fingerprint density at radius 1 is 1.14 bits per heavy atom. The van der Waals surface area contributed by atoms with Crippen molar-refractivity contribution in [2.45, 2.75) is 33.2 Å². The quantitative estimate of drug-likeness (QED) is 0.353. The van der Waals surface area contributed by atoms with Gasteiger partial charge in [0.2, 0.25) is 4.96 Å². The minimum absolute atomic E-state index is 0.0253. The van der Waals surface area contributed by atoms with Gasteiger partial charge in [-0.3, -0.25) is 9.59 Å². The lowest BCUT2D eigenvalue weighted by atomic mass is 10.00. The number of nitrogens with zero attached hydrogens (tertiary/aromatic N) is 7. The maximum Gasteiger partial charge on any atom is 0.271 e. The number of aryl methyl sites for hydroxylation is 3. The molecule has 0 aromatic carbocycles. The molecule has 188 valence electrons. The number of carbonyl (C=O) groups excluding carboxylic acids is 2. The summed E-state index contributed by atoms with van der Waals surface area (Å²) in [5, 5.41) is 6.52. The molecule has 13 heteroatoms. The number of aromatic nitrogens is 5. The van der Waals surface area contributed by atoms with E-state index >= 15 is 0 Å². The number of rotatable bonds is 5. The molecule has 2 amide bonds. The van der Waals surface area contributed by atoms with Crippen molar-refractivity contribution in [1.29, 1.82) is 0 Å². The summed E-state index contributed by atoms with van der Waals surface area (Å²) in [7, 11) is 3.27. The van der Waals surface area contributed by atoms with Crippen LogP contribution in [0.5, 0.6) is 5.75 Å². The number of hydrogen-bond donors (Lipinski definition) is 0. The molecule has 0 bridgehead atoms. The van der Waals surface area contributed by atoms with Crippen LogP contribution in [0.1, 0.15) is 48.5 Å². The molecular formula is C23H24ClN7O3S2. The lowest BCUT2D eigenvalue weighted by molar-refractivity contribution is -0.135. The number of amides is 2. The summed E-state index contributed by atoms with van der Waals surface area (Å²) in [5.41, 5.74) is 2.92. The molecule has 5 rings (SSSR count). The normalized spacial score (nSPS) is 15.3. The van der Waals surface area contributed by atoms with E-state index in [0.717, 1.165) is 36.9 Å². The summed E-state index contributed by atoms with van der Waals surface area (Å²) in [4.78, 5) is 44.2. The Bertz CT molecular complexity index is 1490. The molecule has 1 aliphatic rings. The summed E-state index contributed by atoms with van der Waals surface area (Å²) in [6.45, 7) is 6.11. The summed E-state index contributed by atoms with van der Waals surface area (Å²) in [5.74, 6) is -0.241. The van der Waals surface area contributed by atoms with Gasteiger partial charge in [-0.15, -0.1) is 11.3 Å². The third-order valence-electron chi connectivity index (χ3n) is 5.87. The van der Waals surface area contributed by atoms with Gasteiger partial charge in [0, 0.05) is 27.1 Å². The fraction of sp³-hybridized carbons (Fsp3) is 0.391. The smallest absolute Gasteiger partial charge is 0.271 e. The zero-order valence-electron chi connectivity index (χ0n) is 20.4. The first-order valence-corrected chi connectivity index (χ1v) is 13.2. The molecule has 0 spiro atoms. The summed E-state index contributed by atoms with van der Waals surface area (Å²) in [6, 6.07) is 2.71. The Hall–Kier alpha value is -3.09. The van der Waals surface area contributed by atoms with E-state index < -0.39 is 0 Å². The Balaban J connectivity index is 1.44. The predicted octanol–water partition coefficient (Wildman–Crippen LogP) is 3.48. The Morgan fingerprint density at radius 2 is 1.92 bits per heavy atom. The summed E-state index contributed by atoms with van der Waals surface area (Å²) >= 11 is 9.36. The first kappa shape index (κ1) is 24.6. The fourth-order valence-electron chi connectivity index (χ4n) is 4.30. The van der Waals surface area contributed by atoms with Gasteiger partial charge in [0.1, 0.15) is 16.7 Å². The first-order chi connectivity index (χ1) is 17.1. The summed E-state index contributed by atoms with van der Waals surface area (Å²) in [6.07, 6.45) is 0.618. The Morgan fingerprint density at radius 3 is 2.58 bits per heavy atom. The van der Waals surface area contributed by atoms with Gasteiger partial charge in [-0.25, -0.2) is 19.5 Å². The zero-order valence-corrected chi connectivity index (χ0v) is 22.8. The number of halogens is 1. The van der Waals surface area contributed by atoms with Gasteiger partial charge >= 0.3 is 0 Å². The van der Waals surface area contributed by atoms with E-state index in [1.807, 2.05) is 25.3 Å². The number of pyridine rings is 1. The Labute approximate surface area is 220 Å². The minimum atomic E-state index is -0.374. The number of hydrogen-bond acceptors (Lipinski definition) is 9. The van der Waals surface area contributed by atoms with E-state index in [0.29, 0.717) is 13.0 Å². The van der Waals surface area contributed by atoms with Gasteiger partial charge in [-0.1, -0.05) is 22.9 Å². The van der Waals surface area contributed by atoms with Crippen molar-refractivity contribution in [2.24, 2.45) is 0 Å².